The molecule has 0 N–H and O–H groups in total. The van der Waals surface area contributed by atoms with Crippen molar-refractivity contribution >= 4 is 37.7 Å². The topological polar surface area (TPSA) is 38.7 Å². The zero-order valence-corrected chi connectivity index (χ0v) is 9.57. The third kappa shape index (κ3) is 3.65. The third-order valence-corrected chi connectivity index (χ3v) is 2.11. The molecule has 3 nitrogen and oxygen atoms in total. The zero-order chi connectivity index (χ0) is 10.6. The molecule has 6 heteroatoms. The lowest BCUT2D eigenvalue weighted by molar-refractivity contribution is 0.384. The summed E-state index contributed by atoms with van der Waals surface area (Å²) in [5.74, 6) is 0. The molecule has 0 amide bonds. The van der Waals surface area contributed by atoms with E-state index in [-0.39, 0.29) is 5.17 Å². The van der Waals surface area contributed by atoms with E-state index in [1.807, 2.05) is 19.1 Å². The van der Waals surface area contributed by atoms with Crippen LogP contribution in [0, 0.1) is 6.92 Å². The van der Waals surface area contributed by atoms with Crippen LogP contribution in [0.15, 0.2) is 29.4 Å². The first-order chi connectivity index (χ1) is 6.59. The number of halogens is 2. The molecule has 0 radical (unpaired) electrons. The van der Waals surface area contributed by atoms with Crippen LogP contribution in [-0.2, 0) is 14.6 Å². The highest BCUT2D eigenvalue weighted by molar-refractivity contribution is 8.04. The molecule has 0 aromatic heterocycles. The predicted octanol–water partition coefficient (Wildman–Crippen LogP) is 2.73. The first-order valence-electron chi connectivity index (χ1n) is 3.65. The number of aryl methyl sites for hydroxylation is 1. The van der Waals surface area contributed by atoms with E-state index in [0.29, 0.717) is 5.56 Å². The Kier molecular flexibility index (Phi) is 4.38. The average molecular weight is 252 g/mol. The second-order valence-electron chi connectivity index (χ2n) is 2.52. The van der Waals surface area contributed by atoms with Gasteiger partial charge in [0.25, 0.3) is 0 Å². The Bertz CT molecular complexity index is 364. The van der Waals surface area contributed by atoms with Gasteiger partial charge in [0.1, 0.15) is 0 Å². The third-order valence-electron chi connectivity index (χ3n) is 1.47. The molecule has 1 aromatic rings. The lowest BCUT2D eigenvalue weighted by Crippen LogP contribution is -1.93. The number of hydrogen-bond donors (Lipinski definition) is 0. The highest BCUT2D eigenvalue weighted by atomic mass is 35.7. The lowest BCUT2D eigenvalue weighted by atomic mass is 10.2. The lowest BCUT2D eigenvalue weighted by Gasteiger charge is -1.97. The highest BCUT2D eigenvalue weighted by Crippen LogP contribution is 2.08. The maximum absolute atomic E-state index is 10.3. The van der Waals surface area contributed by atoms with Crippen molar-refractivity contribution in [2.24, 2.45) is 5.16 Å². The van der Waals surface area contributed by atoms with Gasteiger partial charge in [-0.25, -0.2) is 0 Å². The fourth-order valence-corrected chi connectivity index (χ4v) is 1.22. The van der Waals surface area contributed by atoms with Crippen LogP contribution >= 0.6 is 22.3 Å². The van der Waals surface area contributed by atoms with Gasteiger partial charge in [-0.2, -0.15) is 4.21 Å². The van der Waals surface area contributed by atoms with E-state index in [1.165, 1.54) is 0 Å². The van der Waals surface area contributed by atoms with Gasteiger partial charge in [-0.1, -0.05) is 46.6 Å². The molecule has 0 fully saturated rings. The van der Waals surface area contributed by atoms with Crippen molar-refractivity contribution in [1.29, 1.82) is 0 Å². The molecular formula is C8H7Cl2NO2S. The Labute approximate surface area is 93.8 Å². The van der Waals surface area contributed by atoms with Gasteiger partial charge in [0.05, 0.1) is 0 Å². The first-order valence-corrected chi connectivity index (χ1v) is 5.93. The molecule has 1 rings (SSSR count). The summed E-state index contributed by atoms with van der Waals surface area (Å²) in [6.07, 6.45) is 0. The molecule has 0 bridgehead atoms. The van der Waals surface area contributed by atoms with Crippen LogP contribution in [0.1, 0.15) is 11.1 Å². The van der Waals surface area contributed by atoms with Crippen molar-refractivity contribution in [3.05, 3.63) is 35.4 Å². The predicted molar refractivity (Wildman–Crippen MR) is 58.6 cm³/mol. The van der Waals surface area contributed by atoms with Crippen LogP contribution in [0.25, 0.3) is 0 Å². The summed E-state index contributed by atoms with van der Waals surface area (Å²) in [6.45, 7) is 1.96. The zero-order valence-electron chi connectivity index (χ0n) is 7.24. The molecule has 14 heavy (non-hydrogen) atoms. The maximum atomic E-state index is 10.3. The van der Waals surface area contributed by atoms with Crippen molar-refractivity contribution < 1.29 is 8.49 Å². The van der Waals surface area contributed by atoms with E-state index < -0.39 is 10.3 Å². The van der Waals surface area contributed by atoms with Crippen LogP contribution in [0.2, 0.25) is 0 Å². The van der Waals surface area contributed by atoms with Gasteiger partial charge >= 0.3 is 10.3 Å². The highest BCUT2D eigenvalue weighted by Gasteiger charge is 2.00. The summed E-state index contributed by atoms with van der Waals surface area (Å²) >= 11 is 5.73. The van der Waals surface area contributed by atoms with E-state index in [9.17, 15) is 4.21 Å². The second kappa shape index (κ2) is 5.34. The Morgan fingerprint density at radius 3 is 2.50 bits per heavy atom. The number of nitrogens with zero attached hydrogens (tertiary/aromatic N) is 1. The number of benzene rings is 1. The van der Waals surface area contributed by atoms with E-state index in [4.69, 9.17) is 22.3 Å². The molecule has 76 valence electrons. The summed E-state index contributed by atoms with van der Waals surface area (Å²) in [4.78, 5) is 0. The minimum absolute atomic E-state index is 0.110. The smallest absolute Gasteiger partial charge is 0.274 e. The Morgan fingerprint density at radius 2 is 2.00 bits per heavy atom. The molecule has 0 saturated carbocycles. The molecule has 1 unspecified atom stereocenters. The van der Waals surface area contributed by atoms with E-state index >= 15 is 0 Å². The SMILES string of the molecule is Cc1ccc(/C(Cl)=N/OS(=O)Cl)cc1. The van der Waals surface area contributed by atoms with Crippen LogP contribution in [0.4, 0.5) is 0 Å². The van der Waals surface area contributed by atoms with Gasteiger partial charge in [0.15, 0.2) is 5.17 Å². The summed E-state index contributed by atoms with van der Waals surface area (Å²) in [7, 11) is 3.05. The first kappa shape index (κ1) is 11.5. The summed E-state index contributed by atoms with van der Waals surface area (Å²) < 4.78 is 14.6. The van der Waals surface area contributed by atoms with Gasteiger partial charge in [-0.05, 0) is 6.92 Å². The number of rotatable bonds is 3. The van der Waals surface area contributed by atoms with Gasteiger partial charge in [0, 0.05) is 16.2 Å². The average Bonchev–Trinajstić information content (AvgIpc) is 2.15. The monoisotopic (exact) mass is 251 g/mol. The molecule has 1 aromatic carbocycles. The fourth-order valence-electron chi connectivity index (χ4n) is 0.806. The number of hydrogen-bond acceptors (Lipinski definition) is 3. The fraction of sp³-hybridized carbons (Fsp3) is 0.125. The quantitative estimate of drug-likeness (QED) is 0.471. The Balaban J connectivity index is 2.78. The summed E-state index contributed by atoms with van der Waals surface area (Å²) in [5.41, 5.74) is 1.79. The molecule has 0 spiro atoms. The molecule has 0 aliphatic heterocycles. The van der Waals surface area contributed by atoms with Gasteiger partial charge in [0.2, 0.25) is 0 Å². The molecule has 0 saturated heterocycles. The minimum atomic E-state index is -1.96. The van der Waals surface area contributed by atoms with Crippen molar-refractivity contribution in [1.82, 2.24) is 0 Å². The Morgan fingerprint density at radius 1 is 1.43 bits per heavy atom. The van der Waals surface area contributed by atoms with Crippen molar-refractivity contribution in [2.45, 2.75) is 6.92 Å². The van der Waals surface area contributed by atoms with Gasteiger partial charge in [-0.15, -0.1) is 0 Å². The van der Waals surface area contributed by atoms with Crippen LogP contribution in [0.3, 0.4) is 0 Å². The summed E-state index contributed by atoms with van der Waals surface area (Å²) in [6, 6.07) is 7.32. The largest absolute Gasteiger partial charge is 0.330 e. The van der Waals surface area contributed by atoms with Gasteiger partial charge in [-0.3, -0.25) is 4.28 Å². The van der Waals surface area contributed by atoms with E-state index in [0.717, 1.165) is 5.56 Å². The van der Waals surface area contributed by atoms with Crippen molar-refractivity contribution in [3.8, 4) is 0 Å². The minimum Gasteiger partial charge on any atom is -0.274 e. The van der Waals surface area contributed by atoms with Crippen LogP contribution in [0.5, 0.6) is 0 Å². The van der Waals surface area contributed by atoms with Crippen LogP contribution in [-0.4, -0.2) is 9.38 Å². The standard InChI is InChI=1S/C8H7Cl2NO2S/c1-6-2-4-7(5-3-6)8(9)11-13-14(10)12/h2-5H,1H3/b11-8-. The Hall–Kier alpha value is -0.580. The summed E-state index contributed by atoms with van der Waals surface area (Å²) in [5, 5.41) is 3.48. The molecule has 0 aliphatic rings. The molecule has 0 aliphatic carbocycles. The second-order valence-corrected chi connectivity index (χ2v) is 4.17. The maximum Gasteiger partial charge on any atom is 0.330 e. The molecular weight excluding hydrogens is 245 g/mol. The number of oxime groups is 1. The molecule has 0 heterocycles. The van der Waals surface area contributed by atoms with Crippen molar-refractivity contribution in [2.75, 3.05) is 0 Å². The van der Waals surface area contributed by atoms with Crippen LogP contribution < -0.4 is 0 Å². The van der Waals surface area contributed by atoms with E-state index in [1.54, 1.807) is 12.1 Å². The molecule has 1 atom stereocenters. The van der Waals surface area contributed by atoms with E-state index in [2.05, 4.69) is 9.44 Å². The normalized spacial score (nSPS) is 13.8. The van der Waals surface area contributed by atoms with Gasteiger partial charge < -0.3 is 0 Å². The van der Waals surface area contributed by atoms with Crippen molar-refractivity contribution in [3.63, 3.8) is 0 Å².